The van der Waals surface area contributed by atoms with Crippen molar-refractivity contribution in [3.8, 4) is 28.8 Å². The van der Waals surface area contributed by atoms with E-state index in [2.05, 4.69) is 16.4 Å². The van der Waals surface area contributed by atoms with Gasteiger partial charge in [-0.05, 0) is 42.5 Å². The first kappa shape index (κ1) is 20.4. The van der Waals surface area contributed by atoms with Crippen LogP contribution in [0.3, 0.4) is 0 Å². The molecule has 1 amide bonds. The minimum atomic E-state index is -0.311. The molecule has 0 unspecified atom stereocenters. The molecule has 3 aromatic rings. The minimum Gasteiger partial charge on any atom is -0.454 e. The predicted molar refractivity (Wildman–Crippen MR) is 116 cm³/mol. The number of hydrogen-bond acceptors (Lipinski definition) is 6. The second kappa shape index (κ2) is 8.84. The first-order chi connectivity index (χ1) is 14.5. The van der Waals surface area contributed by atoms with Crippen LogP contribution in [-0.2, 0) is 4.79 Å². The Kier molecular flexibility index (Phi) is 6.00. The number of pyridine rings is 1. The molecular formula is C21H13Cl2N3O3S. The van der Waals surface area contributed by atoms with E-state index in [1.54, 1.807) is 30.3 Å². The molecular weight excluding hydrogens is 445 g/mol. The Balaban J connectivity index is 1.51. The molecule has 0 saturated carbocycles. The Morgan fingerprint density at radius 3 is 2.67 bits per heavy atom. The molecule has 1 N–H and O–H groups in total. The summed E-state index contributed by atoms with van der Waals surface area (Å²) < 4.78 is 10.7. The monoisotopic (exact) mass is 457 g/mol. The number of ether oxygens (including phenoxy) is 2. The Hall–Kier alpha value is -2.92. The molecule has 0 atom stereocenters. The summed E-state index contributed by atoms with van der Waals surface area (Å²) in [5, 5.41) is 13.2. The lowest BCUT2D eigenvalue weighted by Gasteiger charge is -2.10. The normalized spacial score (nSPS) is 11.8. The Labute approximate surface area is 186 Å². The largest absolute Gasteiger partial charge is 0.454 e. The highest BCUT2D eigenvalue weighted by Gasteiger charge is 2.16. The SMILES string of the molecule is N#Cc1ccc(-c2ccc3c(c2)OCO3)nc1SCC(=O)Nc1c(Cl)cccc1Cl. The van der Waals surface area contributed by atoms with Gasteiger partial charge in [0.1, 0.15) is 11.1 Å². The van der Waals surface area contributed by atoms with E-state index in [-0.39, 0.29) is 18.5 Å². The molecule has 30 heavy (non-hydrogen) atoms. The maximum absolute atomic E-state index is 12.4. The van der Waals surface area contributed by atoms with Crippen molar-refractivity contribution in [3.05, 3.63) is 64.1 Å². The average molecular weight is 458 g/mol. The third-order valence-corrected chi connectivity index (χ3v) is 5.84. The molecule has 1 aliphatic rings. The molecule has 0 fully saturated rings. The molecule has 2 heterocycles. The summed E-state index contributed by atoms with van der Waals surface area (Å²) in [4.78, 5) is 16.9. The highest BCUT2D eigenvalue weighted by atomic mass is 35.5. The summed E-state index contributed by atoms with van der Waals surface area (Å²) in [5.74, 6) is 1.04. The molecule has 0 aliphatic carbocycles. The summed E-state index contributed by atoms with van der Waals surface area (Å²) in [6.07, 6.45) is 0. The van der Waals surface area contributed by atoms with Crippen LogP contribution in [0.1, 0.15) is 5.56 Å². The number of nitrogens with zero attached hydrogens (tertiary/aromatic N) is 2. The van der Waals surface area contributed by atoms with Crippen LogP contribution in [0.5, 0.6) is 11.5 Å². The van der Waals surface area contributed by atoms with E-state index < -0.39 is 0 Å². The number of nitrogens with one attached hydrogen (secondary N) is 1. The van der Waals surface area contributed by atoms with Crippen molar-refractivity contribution in [3.63, 3.8) is 0 Å². The van der Waals surface area contributed by atoms with Gasteiger partial charge in [0.2, 0.25) is 12.7 Å². The average Bonchev–Trinajstić information content (AvgIpc) is 3.22. The minimum absolute atomic E-state index is 0.0355. The molecule has 1 aromatic heterocycles. The van der Waals surface area contributed by atoms with Crippen LogP contribution in [0, 0.1) is 11.3 Å². The van der Waals surface area contributed by atoms with Crippen LogP contribution >= 0.6 is 35.0 Å². The number of rotatable bonds is 5. The van der Waals surface area contributed by atoms with E-state index in [0.717, 1.165) is 17.3 Å². The second-order valence-electron chi connectivity index (χ2n) is 6.16. The number of thioether (sulfide) groups is 1. The van der Waals surface area contributed by atoms with E-state index in [4.69, 9.17) is 32.7 Å². The molecule has 4 rings (SSSR count). The van der Waals surface area contributed by atoms with Crippen molar-refractivity contribution in [2.75, 3.05) is 17.9 Å². The van der Waals surface area contributed by atoms with Gasteiger partial charge in [-0.15, -0.1) is 0 Å². The number of anilines is 1. The highest BCUT2D eigenvalue weighted by molar-refractivity contribution is 8.00. The van der Waals surface area contributed by atoms with Crippen LogP contribution < -0.4 is 14.8 Å². The third-order valence-electron chi connectivity index (χ3n) is 4.22. The molecule has 6 nitrogen and oxygen atoms in total. The van der Waals surface area contributed by atoms with E-state index >= 15 is 0 Å². The summed E-state index contributed by atoms with van der Waals surface area (Å²) in [5.41, 5.74) is 2.21. The van der Waals surface area contributed by atoms with Gasteiger partial charge in [-0.2, -0.15) is 5.26 Å². The van der Waals surface area contributed by atoms with Crippen molar-refractivity contribution in [2.24, 2.45) is 0 Å². The van der Waals surface area contributed by atoms with E-state index in [1.165, 1.54) is 0 Å². The molecule has 150 valence electrons. The number of fused-ring (bicyclic) bond motifs is 1. The number of nitriles is 1. The fourth-order valence-electron chi connectivity index (χ4n) is 2.78. The number of benzene rings is 2. The predicted octanol–water partition coefficient (Wildman–Crippen LogP) is 5.39. The fraction of sp³-hybridized carbons (Fsp3) is 0.0952. The van der Waals surface area contributed by atoms with Crippen molar-refractivity contribution in [2.45, 2.75) is 5.03 Å². The Morgan fingerprint density at radius 1 is 1.13 bits per heavy atom. The van der Waals surface area contributed by atoms with Crippen molar-refractivity contribution in [1.82, 2.24) is 4.98 Å². The van der Waals surface area contributed by atoms with E-state index in [9.17, 15) is 10.1 Å². The van der Waals surface area contributed by atoms with Gasteiger partial charge >= 0.3 is 0 Å². The number of para-hydroxylation sites is 1. The number of carbonyl (C=O) groups excluding carboxylic acids is 1. The lowest BCUT2D eigenvalue weighted by molar-refractivity contribution is -0.113. The maximum Gasteiger partial charge on any atom is 0.234 e. The molecule has 0 saturated heterocycles. The van der Waals surface area contributed by atoms with Gasteiger partial charge in [0, 0.05) is 5.56 Å². The zero-order valence-electron chi connectivity index (χ0n) is 15.3. The summed E-state index contributed by atoms with van der Waals surface area (Å²) in [7, 11) is 0. The van der Waals surface area contributed by atoms with E-state index in [0.29, 0.717) is 43.5 Å². The van der Waals surface area contributed by atoms with Crippen LogP contribution in [0.2, 0.25) is 10.0 Å². The fourth-order valence-corrected chi connectivity index (χ4v) is 4.04. The molecule has 2 aromatic carbocycles. The van der Waals surface area contributed by atoms with Crippen molar-refractivity contribution >= 4 is 46.6 Å². The van der Waals surface area contributed by atoms with Crippen LogP contribution in [0.4, 0.5) is 5.69 Å². The lowest BCUT2D eigenvalue weighted by atomic mass is 10.1. The maximum atomic E-state index is 12.4. The molecule has 0 spiro atoms. The van der Waals surface area contributed by atoms with E-state index in [1.807, 2.05) is 18.2 Å². The topological polar surface area (TPSA) is 84.2 Å². The molecule has 0 radical (unpaired) electrons. The highest BCUT2D eigenvalue weighted by Crippen LogP contribution is 2.36. The zero-order chi connectivity index (χ0) is 21.1. The molecule has 0 bridgehead atoms. The number of carbonyl (C=O) groups is 1. The standard InChI is InChI=1S/C21H13Cl2N3O3S/c22-14-2-1-3-15(23)20(14)26-19(27)10-30-21-13(9-24)4-6-16(25-21)12-5-7-17-18(8-12)29-11-28-17/h1-8H,10-11H2,(H,26,27). The lowest BCUT2D eigenvalue weighted by Crippen LogP contribution is -2.15. The zero-order valence-corrected chi connectivity index (χ0v) is 17.6. The number of amides is 1. The van der Waals surface area contributed by atoms with Gasteiger partial charge in [0.05, 0.1) is 32.7 Å². The van der Waals surface area contributed by atoms with Gasteiger partial charge in [-0.1, -0.05) is 41.0 Å². The van der Waals surface area contributed by atoms with Crippen LogP contribution in [0.15, 0.2) is 53.6 Å². The number of halogens is 2. The van der Waals surface area contributed by atoms with Crippen molar-refractivity contribution < 1.29 is 14.3 Å². The summed E-state index contributed by atoms with van der Waals surface area (Å²) >= 11 is 13.3. The van der Waals surface area contributed by atoms with Gasteiger partial charge in [-0.3, -0.25) is 4.79 Å². The molecule has 1 aliphatic heterocycles. The number of hydrogen-bond donors (Lipinski definition) is 1. The second-order valence-corrected chi connectivity index (χ2v) is 7.94. The first-order valence-corrected chi connectivity index (χ1v) is 10.5. The van der Waals surface area contributed by atoms with Gasteiger partial charge in [0.25, 0.3) is 0 Å². The molecule has 9 heteroatoms. The first-order valence-electron chi connectivity index (χ1n) is 8.73. The summed E-state index contributed by atoms with van der Waals surface area (Å²) in [6.45, 7) is 0.186. The Bertz CT molecular complexity index is 1160. The van der Waals surface area contributed by atoms with Gasteiger partial charge in [0.15, 0.2) is 11.5 Å². The smallest absolute Gasteiger partial charge is 0.234 e. The van der Waals surface area contributed by atoms with Gasteiger partial charge < -0.3 is 14.8 Å². The third kappa shape index (κ3) is 4.31. The van der Waals surface area contributed by atoms with Crippen LogP contribution in [0.25, 0.3) is 11.3 Å². The number of aromatic nitrogens is 1. The van der Waals surface area contributed by atoms with Gasteiger partial charge in [-0.25, -0.2) is 4.98 Å². The van der Waals surface area contributed by atoms with Crippen molar-refractivity contribution in [1.29, 1.82) is 5.26 Å². The summed E-state index contributed by atoms with van der Waals surface area (Å²) in [6, 6.07) is 16.0. The van der Waals surface area contributed by atoms with Crippen LogP contribution in [-0.4, -0.2) is 23.4 Å². The Morgan fingerprint density at radius 2 is 1.90 bits per heavy atom. The quantitative estimate of drug-likeness (QED) is 0.517.